The smallest absolute Gasteiger partial charge is 0.281 e. The molecule has 0 saturated carbocycles. The quantitative estimate of drug-likeness (QED) is 0.516. The van der Waals surface area contributed by atoms with Gasteiger partial charge in [-0.2, -0.15) is 5.10 Å². The van der Waals surface area contributed by atoms with Gasteiger partial charge in [0.2, 0.25) is 0 Å². The third kappa shape index (κ3) is 5.16. The van der Waals surface area contributed by atoms with Gasteiger partial charge in [-0.3, -0.25) is 14.3 Å². The number of nitrogens with two attached hydrogens (primary N) is 1. The number of carbonyl (C=O) groups is 1. The van der Waals surface area contributed by atoms with E-state index in [1.54, 1.807) is 13.8 Å². The molecule has 2 aromatic rings. The number of aryl methyl sites for hydroxylation is 1. The predicted molar refractivity (Wildman–Crippen MR) is 121 cm³/mol. The van der Waals surface area contributed by atoms with Crippen LogP contribution in [0.1, 0.15) is 51.3 Å². The molecule has 0 atom stereocenters. The van der Waals surface area contributed by atoms with Crippen LogP contribution in [0.4, 0.5) is 5.69 Å². The third-order valence-corrected chi connectivity index (χ3v) is 6.29. The molecule has 0 saturated heterocycles. The van der Waals surface area contributed by atoms with Gasteiger partial charge in [0.1, 0.15) is 21.9 Å². The topological polar surface area (TPSA) is 166 Å². The Labute approximate surface area is 191 Å². The lowest BCUT2D eigenvalue weighted by Crippen LogP contribution is -2.40. The summed E-state index contributed by atoms with van der Waals surface area (Å²) in [7, 11) is -4.16. The molecule has 1 aromatic heterocycles. The second-order valence-corrected chi connectivity index (χ2v) is 10.1. The minimum atomic E-state index is -4.16. The molecule has 11 nitrogen and oxygen atoms in total. The van der Waals surface area contributed by atoms with E-state index in [0.29, 0.717) is 18.9 Å². The van der Waals surface area contributed by atoms with Crippen LogP contribution in [0.2, 0.25) is 0 Å². The van der Waals surface area contributed by atoms with Gasteiger partial charge in [-0.1, -0.05) is 27.7 Å². The van der Waals surface area contributed by atoms with Crippen molar-refractivity contribution in [2.75, 3.05) is 6.61 Å². The van der Waals surface area contributed by atoms with Gasteiger partial charge in [0.15, 0.2) is 18.2 Å². The van der Waals surface area contributed by atoms with Crippen molar-refractivity contribution in [3.63, 3.8) is 0 Å². The van der Waals surface area contributed by atoms with Crippen molar-refractivity contribution in [3.05, 3.63) is 39.8 Å². The highest BCUT2D eigenvalue weighted by atomic mass is 32.2. The number of nitrogens with zero attached hydrogens (tertiary/aromatic N) is 3. The van der Waals surface area contributed by atoms with E-state index < -0.39 is 33.8 Å². The minimum absolute atomic E-state index is 0.0469. The molecule has 3 rings (SSSR count). The van der Waals surface area contributed by atoms with Gasteiger partial charge in [0.25, 0.3) is 21.5 Å². The van der Waals surface area contributed by atoms with E-state index in [1.165, 1.54) is 22.9 Å². The van der Waals surface area contributed by atoms with Crippen molar-refractivity contribution in [1.29, 1.82) is 0 Å². The number of aromatic hydroxyl groups is 1. The minimum Gasteiger partial charge on any atom is -0.505 e. The molecular formula is C21H27N5O6S. The maximum absolute atomic E-state index is 13.2. The Kier molecular flexibility index (Phi) is 6.77. The van der Waals surface area contributed by atoms with E-state index in [2.05, 4.69) is 14.8 Å². The molecule has 1 amide bonds. The zero-order chi connectivity index (χ0) is 24.5. The first kappa shape index (κ1) is 24.2. The number of primary amides is 1. The zero-order valence-corrected chi connectivity index (χ0v) is 19.6. The third-order valence-electron chi connectivity index (χ3n) is 4.92. The van der Waals surface area contributed by atoms with E-state index in [9.17, 15) is 23.1 Å². The zero-order valence-electron chi connectivity index (χ0n) is 18.8. The fourth-order valence-corrected chi connectivity index (χ4v) is 4.37. The average molecular weight is 478 g/mol. The summed E-state index contributed by atoms with van der Waals surface area (Å²) in [5.74, 6) is -1.23. The maximum atomic E-state index is 13.2. The fraction of sp³-hybridized carbons (Fsp3) is 0.429. The number of hydrogen-bond donors (Lipinski definition) is 3. The van der Waals surface area contributed by atoms with Gasteiger partial charge >= 0.3 is 0 Å². The molecule has 1 aliphatic heterocycles. The highest BCUT2D eigenvalue weighted by Gasteiger charge is 2.31. The predicted octanol–water partition coefficient (Wildman–Crippen LogP) is 1.35. The number of ether oxygens (including phenoxy) is 1. The summed E-state index contributed by atoms with van der Waals surface area (Å²) in [6, 6.07) is 4.01. The lowest BCUT2D eigenvalue weighted by Gasteiger charge is -2.21. The monoisotopic (exact) mass is 477 g/mol. The summed E-state index contributed by atoms with van der Waals surface area (Å²) in [5.41, 5.74) is 4.44. The molecule has 0 radical (unpaired) electrons. The number of nitrogens with one attached hydrogen (secondary N) is 1. The van der Waals surface area contributed by atoms with E-state index in [0.717, 1.165) is 0 Å². The van der Waals surface area contributed by atoms with Crippen molar-refractivity contribution < 1.29 is 23.1 Å². The Morgan fingerprint density at radius 1 is 1.27 bits per heavy atom. The first-order valence-corrected chi connectivity index (χ1v) is 11.9. The number of hydrogen-bond acceptors (Lipinski definition) is 8. The standard InChI is InChI=1S/C21H27N5O6S/c1-11(2)7-8-26-21(29)17(19(28)18(24-26)12(3)4)20-23-14-6-5-13(32-10-16(22)27)9-15(14)33(30,31)25-20/h5-6,9,11-12,28H,7-8,10H2,1-4H3,(H2,22,27)(H,23,25). The molecule has 178 valence electrons. The van der Waals surface area contributed by atoms with Crippen LogP contribution in [0.25, 0.3) is 0 Å². The van der Waals surface area contributed by atoms with E-state index in [1.807, 2.05) is 13.8 Å². The number of amidine groups is 1. The Morgan fingerprint density at radius 3 is 2.58 bits per heavy atom. The first-order valence-electron chi connectivity index (χ1n) is 10.4. The van der Waals surface area contributed by atoms with Crippen LogP contribution < -0.4 is 20.8 Å². The van der Waals surface area contributed by atoms with Crippen LogP contribution in [-0.2, 0) is 21.4 Å². The van der Waals surface area contributed by atoms with E-state index in [-0.39, 0.29) is 39.3 Å². The van der Waals surface area contributed by atoms with Crippen LogP contribution in [0.3, 0.4) is 0 Å². The molecule has 0 aliphatic carbocycles. The second-order valence-electron chi connectivity index (χ2n) is 8.42. The Hall–Kier alpha value is -3.41. The van der Waals surface area contributed by atoms with Crippen LogP contribution in [0.15, 0.2) is 32.9 Å². The molecule has 1 aliphatic rings. The molecule has 0 spiro atoms. The second kappa shape index (κ2) is 9.22. The Morgan fingerprint density at radius 2 is 1.97 bits per heavy atom. The van der Waals surface area contributed by atoms with Crippen LogP contribution in [0, 0.1) is 5.92 Å². The van der Waals surface area contributed by atoms with Crippen molar-refractivity contribution in [2.45, 2.75) is 51.5 Å². The number of benzene rings is 1. The lowest BCUT2D eigenvalue weighted by molar-refractivity contribution is -0.119. The molecule has 0 bridgehead atoms. The SMILES string of the molecule is CC(C)CCn1nc(C(C)C)c(O)c(C2=Nc3ccc(OCC(N)=O)cc3S(=O)(=O)N2)c1=O. The summed E-state index contributed by atoms with van der Waals surface area (Å²) >= 11 is 0. The number of sulfonamides is 1. The van der Waals surface area contributed by atoms with E-state index in [4.69, 9.17) is 10.5 Å². The largest absolute Gasteiger partial charge is 0.505 e. The highest BCUT2D eigenvalue weighted by molar-refractivity contribution is 7.90. The summed E-state index contributed by atoms with van der Waals surface area (Å²) in [5, 5.41) is 15.1. The van der Waals surface area contributed by atoms with E-state index >= 15 is 0 Å². The number of carbonyl (C=O) groups excluding carboxylic acids is 1. The van der Waals surface area contributed by atoms with Crippen LogP contribution in [0.5, 0.6) is 11.5 Å². The number of fused-ring (bicyclic) bond motifs is 1. The maximum Gasteiger partial charge on any atom is 0.281 e. The van der Waals surface area contributed by atoms with Gasteiger partial charge in [0.05, 0.1) is 5.69 Å². The normalized spacial score (nSPS) is 14.5. The lowest BCUT2D eigenvalue weighted by atomic mass is 10.1. The van der Waals surface area contributed by atoms with Crippen molar-refractivity contribution >= 4 is 27.5 Å². The molecule has 33 heavy (non-hydrogen) atoms. The summed E-state index contributed by atoms with van der Waals surface area (Å²) in [6.07, 6.45) is 0.670. The highest BCUT2D eigenvalue weighted by Crippen LogP contribution is 2.33. The van der Waals surface area contributed by atoms with Crippen LogP contribution in [-0.4, -0.2) is 41.7 Å². The molecule has 4 N–H and O–H groups in total. The molecule has 0 unspecified atom stereocenters. The van der Waals surface area contributed by atoms with Crippen molar-refractivity contribution in [1.82, 2.24) is 14.5 Å². The van der Waals surface area contributed by atoms with Gasteiger partial charge in [0, 0.05) is 18.5 Å². The molecule has 0 fully saturated rings. The first-order chi connectivity index (χ1) is 15.4. The summed E-state index contributed by atoms with van der Waals surface area (Å²) < 4.78 is 34.6. The van der Waals surface area contributed by atoms with Gasteiger partial charge in [-0.25, -0.2) is 18.1 Å². The number of amides is 1. The number of aromatic nitrogens is 2. The fourth-order valence-electron chi connectivity index (χ4n) is 3.19. The van der Waals surface area contributed by atoms with Crippen molar-refractivity contribution in [3.8, 4) is 11.5 Å². The van der Waals surface area contributed by atoms with Gasteiger partial charge < -0.3 is 15.6 Å². The Bertz CT molecular complexity index is 1280. The van der Waals surface area contributed by atoms with Gasteiger partial charge in [-0.15, -0.1) is 0 Å². The Balaban J connectivity index is 2.15. The molecular weight excluding hydrogens is 450 g/mol. The number of aliphatic imine (C=N–C) groups is 1. The molecule has 12 heteroatoms. The molecule has 1 aromatic carbocycles. The van der Waals surface area contributed by atoms with Crippen LogP contribution >= 0.6 is 0 Å². The number of rotatable bonds is 8. The van der Waals surface area contributed by atoms with Gasteiger partial charge in [-0.05, 0) is 24.5 Å². The average Bonchev–Trinajstić information content (AvgIpc) is 2.71. The van der Waals surface area contributed by atoms with Crippen molar-refractivity contribution in [2.24, 2.45) is 16.6 Å². The summed E-state index contributed by atoms with van der Waals surface area (Å²) in [4.78, 5) is 28.2. The summed E-state index contributed by atoms with van der Waals surface area (Å²) in [6.45, 7) is 7.51. The molecule has 2 heterocycles.